The summed E-state index contributed by atoms with van der Waals surface area (Å²) in [5.74, 6) is 2.06. The summed E-state index contributed by atoms with van der Waals surface area (Å²) in [5, 5.41) is 3.66. The molecule has 3 rings (SSSR count). The third-order valence-corrected chi connectivity index (χ3v) is 4.85. The van der Waals surface area contributed by atoms with Gasteiger partial charge in [0.25, 0.3) is 0 Å². The highest BCUT2D eigenvalue weighted by Crippen LogP contribution is 2.37. The fourth-order valence-electron chi connectivity index (χ4n) is 2.51. The standard InChI is InChI=1S/C17H19NOS/c1-19-14-8-6-13(7-9-14)10-11-18-16-12-20-17-5-3-2-4-15(16)17/h2-9,16,18H,10-12H2,1H3. The first-order valence-corrected chi connectivity index (χ1v) is 7.93. The van der Waals surface area contributed by atoms with Gasteiger partial charge in [0, 0.05) is 16.7 Å². The number of ether oxygens (including phenoxy) is 1. The molecule has 20 heavy (non-hydrogen) atoms. The summed E-state index contributed by atoms with van der Waals surface area (Å²) in [5.41, 5.74) is 2.80. The summed E-state index contributed by atoms with van der Waals surface area (Å²) < 4.78 is 5.18. The van der Waals surface area contributed by atoms with Gasteiger partial charge in [-0.2, -0.15) is 0 Å². The molecule has 104 valence electrons. The van der Waals surface area contributed by atoms with Crippen molar-refractivity contribution in [3.05, 3.63) is 59.7 Å². The molecule has 0 aliphatic carbocycles. The number of fused-ring (bicyclic) bond motifs is 1. The van der Waals surface area contributed by atoms with Crippen molar-refractivity contribution in [2.45, 2.75) is 17.4 Å². The van der Waals surface area contributed by atoms with Crippen molar-refractivity contribution < 1.29 is 4.74 Å². The Bertz CT molecular complexity index is 567. The molecule has 0 bridgehead atoms. The summed E-state index contributed by atoms with van der Waals surface area (Å²) in [4.78, 5) is 1.43. The molecule has 0 saturated heterocycles. The van der Waals surface area contributed by atoms with Crippen LogP contribution in [-0.2, 0) is 6.42 Å². The van der Waals surface area contributed by atoms with Crippen molar-refractivity contribution in [1.29, 1.82) is 0 Å². The third kappa shape index (κ3) is 3.00. The lowest BCUT2D eigenvalue weighted by atomic mass is 10.1. The van der Waals surface area contributed by atoms with E-state index in [0.29, 0.717) is 6.04 Å². The summed E-state index contributed by atoms with van der Waals surface area (Å²) in [6.45, 7) is 1.01. The Labute approximate surface area is 124 Å². The van der Waals surface area contributed by atoms with Crippen LogP contribution >= 0.6 is 11.8 Å². The lowest BCUT2D eigenvalue weighted by molar-refractivity contribution is 0.414. The Morgan fingerprint density at radius 1 is 1.15 bits per heavy atom. The van der Waals surface area contributed by atoms with Gasteiger partial charge in [-0.15, -0.1) is 11.8 Å². The van der Waals surface area contributed by atoms with Crippen molar-refractivity contribution in [2.75, 3.05) is 19.4 Å². The number of methoxy groups -OCH3 is 1. The van der Waals surface area contributed by atoms with Crippen LogP contribution in [0, 0.1) is 0 Å². The van der Waals surface area contributed by atoms with Crippen LogP contribution in [0.4, 0.5) is 0 Å². The van der Waals surface area contributed by atoms with E-state index in [-0.39, 0.29) is 0 Å². The summed E-state index contributed by atoms with van der Waals surface area (Å²) >= 11 is 1.95. The Balaban J connectivity index is 1.53. The maximum absolute atomic E-state index is 5.18. The van der Waals surface area contributed by atoms with Gasteiger partial charge in [0.2, 0.25) is 0 Å². The first-order valence-electron chi connectivity index (χ1n) is 6.95. The fourth-order valence-corrected chi connectivity index (χ4v) is 3.71. The molecule has 1 atom stereocenters. The molecule has 2 aromatic rings. The zero-order chi connectivity index (χ0) is 13.8. The van der Waals surface area contributed by atoms with E-state index in [1.54, 1.807) is 7.11 Å². The molecular weight excluding hydrogens is 266 g/mol. The van der Waals surface area contributed by atoms with Gasteiger partial charge in [0.05, 0.1) is 7.11 Å². The molecule has 1 N–H and O–H groups in total. The molecule has 1 heterocycles. The number of nitrogens with one attached hydrogen (secondary N) is 1. The number of thioether (sulfide) groups is 1. The molecule has 2 aromatic carbocycles. The van der Waals surface area contributed by atoms with E-state index in [0.717, 1.165) is 24.5 Å². The molecule has 3 heteroatoms. The average molecular weight is 285 g/mol. The predicted octanol–water partition coefficient (Wildman–Crippen LogP) is 3.67. The van der Waals surface area contributed by atoms with E-state index >= 15 is 0 Å². The maximum Gasteiger partial charge on any atom is 0.118 e. The van der Waals surface area contributed by atoms with Crippen LogP contribution in [0.15, 0.2) is 53.4 Å². The monoisotopic (exact) mass is 285 g/mol. The van der Waals surface area contributed by atoms with Crippen LogP contribution in [0.1, 0.15) is 17.2 Å². The van der Waals surface area contributed by atoms with Crippen LogP contribution < -0.4 is 10.1 Å². The van der Waals surface area contributed by atoms with E-state index in [2.05, 4.69) is 41.7 Å². The van der Waals surface area contributed by atoms with E-state index in [1.165, 1.54) is 16.0 Å². The Morgan fingerprint density at radius 3 is 2.75 bits per heavy atom. The Kier molecular flexibility index (Phi) is 4.28. The van der Waals surface area contributed by atoms with E-state index in [9.17, 15) is 0 Å². The summed E-state index contributed by atoms with van der Waals surface area (Å²) in [6, 6.07) is 17.5. The maximum atomic E-state index is 5.18. The molecule has 0 amide bonds. The van der Waals surface area contributed by atoms with Crippen molar-refractivity contribution in [3.63, 3.8) is 0 Å². The molecule has 1 unspecified atom stereocenters. The van der Waals surface area contributed by atoms with Gasteiger partial charge in [0.15, 0.2) is 0 Å². The average Bonchev–Trinajstić information content (AvgIpc) is 2.92. The van der Waals surface area contributed by atoms with E-state index in [1.807, 2.05) is 23.9 Å². The summed E-state index contributed by atoms with van der Waals surface area (Å²) in [6.07, 6.45) is 1.05. The molecule has 1 aliphatic heterocycles. The lowest BCUT2D eigenvalue weighted by Gasteiger charge is -2.13. The number of rotatable bonds is 5. The van der Waals surface area contributed by atoms with Crippen LogP contribution in [-0.4, -0.2) is 19.4 Å². The summed E-state index contributed by atoms with van der Waals surface area (Å²) in [7, 11) is 1.70. The quantitative estimate of drug-likeness (QED) is 0.905. The first kappa shape index (κ1) is 13.5. The largest absolute Gasteiger partial charge is 0.497 e. The third-order valence-electron chi connectivity index (χ3n) is 3.66. The van der Waals surface area contributed by atoms with Gasteiger partial charge in [-0.05, 0) is 42.3 Å². The molecule has 0 fully saturated rings. The molecular formula is C17H19NOS. The second-order valence-corrected chi connectivity index (χ2v) is 6.02. The van der Waals surface area contributed by atoms with Gasteiger partial charge in [-0.25, -0.2) is 0 Å². The minimum Gasteiger partial charge on any atom is -0.497 e. The molecule has 2 nitrogen and oxygen atoms in total. The smallest absolute Gasteiger partial charge is 0.118 e. The molecule has 0 spiro atoms. The van der Waals surface area contributed by atoms with Gasteiger partial charge < -0.3 is 10.1 Å². The highest BCUT2D eigenvalue weighted by molar-refractivity contribution is 7.99. The van der Waals surface area contributed by atoms with Gasteiger partial charge in [-0.1, -0.05) is 30.3 Å². The first-order chi connectivity index (χ1) is 9.86. The Hall–Kier alpha value is -1.45. The van der Waals surface area contributed by atoms with Crippen LogP contribution in [0.25, 0.3) is 0 Å². The van der Waals surface area contributed by atoms with Crippen LogP contribution in [0.3, 0.4) is 0 Å². The van der Waals surface area contributed by atoms with Crippen molar-refractivity contribution >= 4 is 11.8 Å². The van der Waals surface area contributed by atoms with Gasteiger partial charge in [0.1, 0.15) is 5.75 Å². The zero-order valence-electron chi connectivity index (χ0n) is 11.6. The topological polar surface area (TPSA) is 21.3 Å². The highest BCUT2D eigenvalue weighted by Gasteiger charge is 2.21. The highest BCUT2D eigenvalue weighted by atomic mass is 32.2. The fraction of sp³-hybridized carbons (Fsp3) is 0.294. The normalized spacial score (nSPS) is 16.9. The van der Waals surface area contributed by atoms with Crippen molar-refractivity contribution in [2.24, 2.45) is 0 Å². The van der Waals surface area contributed by atoms with Crippen molar-refractivity contribution in [1.82, 2.24) is 5.32 Å². The minimum absolute atomic E-state index is 0.495. The number of hydrogen-bond donors (Lipinski definition) is 1. The predicted molar refractivity (Wildman–Crippen MR) is 84.6 cm³/mol. The molecule has 0 radical (unpaired) electrons. The number of benzene rings is 2. The van der Waals surface area contributed by atoms with E-state index < -0.39 is 0 Å². The molecule has 0 aromatic heterocycles. The van der Waals surface area contributed by atoms with Gasteiger partial charge >= 0.3 is 0 Å². The Morgan fingerprint density at radius 2 is 1.95 bits per heavy atom. The second-order valence-electron chi connectivity index (χ2n) is 4.95. The molecule has 1 aliphatic rings. The SMILES string of the molecule is COc1ccc(CCNC2CSc3ccccc32)cc1. The zero-order valence-corrected chi connectivity index (χ0v) is 12.5. The van der Waals surface area contributed by atoms with Crippen LogP contribution in [0.2, 0.25) is 0 Å². The lowest BCUT2D eigenvalue weighted by Crippen LogP contribution is -2.23. The van der Waals surface area contributed by atoms with Crippen molar-refractivity contribution in [3.8, 4) is 5.75 Å². The number of hydrogen-bond acceptors (Lipinski definition) is 3. The molecule has 0 saturated carbocycles. The van der Waals surface area contributed by atoms with Gasteiger partial charge in [-0.3, -0.25) is 0 Å². The van der Waals surface area contributed by atoms with E-state index in [4.69, 9.17) is 4.74 Å². The van der Waals surface area contributed by atoms with Crippen LogP contribution in [0.5, 0.6) is 5.75 Å². The minimum atomic E-state index is 0.495. The second kappa shape index (κ2) is 6.33.